The Bertz CT molecular complexity index is 1600. The second-order valence-electron chi connectivity index (χ2n) is 12.7. The van der Waals surface area contributed by atoms with E-state index in [0.29, 0.717) is 11.3 Å². The molecule has 4 atom stereocenters. The van der Waals surface area contributed by atoms with E-state index in [2.05, 4.69) is 41.4 Å². The van der Waals surface area contributed by atoms with Gasteiger partial charge in [-0.25, -0.2) is 14.8 Å². The molecule has 14 nitrogen and oxygen atoms in total. The van der Waals surface area contributed by atoms with E-state index in [1.807, 2.05) is 13.0 Å². The molecular weight excluding hydrogens is 566 g/mol. The van der Waals surface area contributed by atoms with Crippen LogP contribution in [0.2, 0.25) is 0 Å². The molecule has 232 valence electrons. The van der Waals surface area contributed by atoms with Gasteiger partial charge in [0.1, 0.15) is 18.6 Å². The van der Waals surface area contributed by atoms with E-state index in [-0.39, 0.29) is 37.0 Å². The van der Waals surface area contributed by atoms with Crippen LogP contribution in [-0.2, 0) is 10.2 Å². The van der Waals surface area contributed by atoms with Gasteiger partial charge in [-0.05, 0) is 41.7 Å². The number of nitrogens with one attached hydrogen (secondary N) is 2. The maximum Gasteiger partial charge on any atom is 0.331 e. The van der Waals surface area contributed by atoms with Gasteiger partial charge in [0.2, 0.25) is 5.79 Å². The van der Waals surface area contributed by atoms with Gasteiger partial charge in [-0.15, -0.1) is 0 Å². The maximum atomic E-state index is 13.6. The van der Waals surface area contributed by atoms with Gasteiger partial charge in [0.05, 0.1) is 12.6 Å². The molecule has 2 aromatic carbocycles. The number of guanidine groups is 2. The number of hydrogen-bond donors (Lipinski definition) is 6. The van der Waals surface area contributed by atoms with E-state index in [0.717, 1.165) is 16.0 Å². The van der Waals surface area contributed by atoms with Crippen molar-refractivity contribution in [1.29, 1.82) is 0 Å². The number of nitrogens with two attached hydrogens (primary N) is 2. The van der Waals surface area contributed by atoms with Crippen LogP contribution < -0.4 is 27.0 Å². The number of aliphatic imine (C=N–C) groups is 2. The first-order valence-electron chi connectivity index (χ1n) is 14.4. The minimum absolute atomic E-state index is 0.0854. The highest BCUT2D eigenvalue weighted by molar-refractivity contribution is 6.12. The topological polar surface area (TPSA) is 202 Å². The maximum absolute atomic E-state index is 13.6. The molecule has 1 spiro atoms. The molecule has 8 N–H and O–H groups in total. The molecular formula is C30H37N9O5. The zero-order chi connectivity index (χ0) is 31.8. The van der Waals surface area contributed by atoms with Crippen LogP contribution in [0.25, 0.3) is 0 Å². The molecule has 14 heteroatoms. The molecule has 2 aromatic rings. The lowest BCUT2D eigenvalue weighted by atomic mass is 9.82. The summed E-state index contributed by atoms with van der Waals surface area (Å²) in [6.07, 6.45) is 0. The first-order chi connectivity index (χ1) is 20.7. The van der Waals surface area contributed by atoms with Gasteiger partial charge in [0.25, 0.3) is 11.8 Å². The molecule has 6 rings (SSSR count). The number of carbonyl (C=O) groups is 3. The molecule has 44 heavy (non-hydrogen) atoms. The molecule has 4 amide bonds. The Balaban J connectivity index is 1.28. The lowest BCUT2D eigenvalue weighted by Crippen LogP contribution is -2.78. The number of anilines is 1. The number of carbonyl (C=O) groups excluding carboxylic acids is 3. The molecule has 0 saturated carbocycles. The number of rotatable bonds is 5. The Morgan fingerprint density at radius 2 is 1.80 bits per heavy atom. The predicted molar refractivity (Wildman–Crippen MR) is 163 cm³/mol. The number of urea groups is 1. The highest BCUT2D eigenvalue weighted by Crippen LogP contribution is 2.45. The number of nitrogens with zero attached hydrogens (tertiary/aromatic N) is 5. The van der Waals surface area contributed by atoms with E-state index in [9.17, 15) is 24.6 Å². The second kappa shape index (κ2) is 9.92. The summed E-state index contributed by atoms with van der Waals surface area (Å²) in [7, 11) is 0. The van der Waals surface area contributed by atoms with Gasteiger partial charge in [-0.2, -0.15) is 0 Å². The van der Waals surface area contributed by atoms with Gasteiger partial charge >= 0.3 is 6.03 Å². The van der Waals surface area contributed by atoms with E-state index < -0.39 is 47.4 Å². The summed E-state index contributed by atoms with van der Waals surface area (Å²) in [6, 6.07) is 10.4. The smallest absolute Gasteiger partial charge is 0.331 e. The van der Waals surface area contributed by atoms with Crippen molar-refractivity contribution in [2.75, 3.05) is 24.5 Å². The van der Waals surface area contributed by atoms with Crippen molar-refractivity contribution >= 4 is 35.5 Å². The van der Waals surface area contributed by atoms with Crippen LogP contribution in [0.4, 0.5) is 10.5 Å². The number of amides is 4. The standard InChI is InChI=1S/C30H37N9O5/c1-16-18(11-8-12-19(16)28(2,3)4)24(41)34-21-14-39-26(32)33-20(23-29(39,30(21,43)44)36-25(31)35-23)13-38-22(40)15-37(27(38)42)17-9-6-5-7-10-17/h5-12,20-21,23,43-44H,13-15H2,1-4H3,(H2,32,33)(H,34,41)(H3,31,35,36)/t20-,21?,23?,29?/m0/s1. The van der Waals surface area contributed by atoms with Crippen molar-refractivity contribution in [1.82, 2.24) is 20.4 Å². The fraction of sp³-hybridized carbons (Fsp3) is 0.433. The lowest BCUT2D eigenvalue weighted by Gasteiger charge is -2.49. The molecule has 2 saturated heterocycles. The quantitative estimate of drug-likeness (QED) is 0.193. The van der Waals surface area contributed by atoms with Gasteiger partial charge in [-0.3, -0.25) is 19.4 Å². The SMILES string of the molecule is Cc1c(C(=O)NC2CN3C(N)=N[C@@H](CN4C(=O)CN(c5ccccc5)C4=O)C4N=C(N)NC43C2(O)O)cccc1C(C)(C)C. The third-order valence-electron chi connectivity index (χ3n) is 8.99. The number of aliphatic hydroxyl groups is 2. The van der Waals surface area contributed by atoms with Gasteiger partial charge in [-0.1, -0.05) is 51.1 Å². The molecule has 0 aliphatic carbocycles. The van der Waals surface area contributed by atoms with Crippen molar-refractivity contribution < 1.29 is 24.6 Å². The summed E-state index contributed by atoms with van der Waals surface area (Å²) >= 11 is 0. The van der Waals surface area contributed by atoms with Crippen molar-refractivity contribution in [3.63, 3.8) is 0 Å². The monoisotopic (exact) mass is 603 g/mol. The second-order valence-corrected chi connectivity index (χ2v) is 12.7. The van der Waals surface area contributed by atoms with E-state index >= 15 is 0 Å². The van der Waals surface area contributed by atoms with E-state index in [4.69, 9.17) is 11.5 Å². The summed E-state index contributed by atoms with van der Waals surface area (Å²) in [5.41, 5.74) is 13.2. The molecule has 4 aliphatic rings. The summed E-state index contributed by atoms with van der Waals surface area (Å²) in [5, 5.41) is 29.3. The Kier molecular flexibility index (Phi) is 6.63. The summed E-state index contributed by atoms with van der Waals surface area (Å²) in [5.74, 6) is -3.80. The largest absolute Gasteiger partial charge is 0.370 e. The van der Waals surface area contributed by atoms with Gasteiger partial charge in [0, 0.05) is 17.8 Å². The Labute approximate surface area is 254 Å². The van der Waals surface area contributed by atoms with Gasteiger partial charge in [0.15, 0.2) is 17.6 Å². The van der Waals surface area contributed by atoms with E-state index in [1.165, 1.54) is 9.80 Å². The van der Waals surface area contributed by atoms with Gasteiger partial charge < -0.3 is 37.2 Å². The fourth-order valence-corrected chi connectivity index (χ4v) is 6.88. The third kappa shape index (κ3) is 4.27. The molecule has 3 unspecified atom stereocenters. The van der Waals surface area contributed by atoms with Crippen molar-refractivity contribution in [2.24, 2.45) is 21.5 Å². The van der Waals surface area contributed by atoms with Crippen molar-refractivity contribution in [2.45, 2.75) is 62.7 Å². The van der Waals surface area contributed by atoms with Crippen LogP contribution in [0.5, 0.6) is 0 Å². The number of para-hydroxylation sites is 1. The lowest BCUT2D eigenvalue weighted by molar-refractivity contribution is -0.230. The zero-order valence-electron chi connectivity index (χ0n) is 25.0. The highest BCUT2D eigenvalue weighted by Gasteiger charge is 2.73. The first-order valence-corrected chi connectivity index (χ1v) is 14.4. The third-order valence-corrected chi connectivity index (χ3v) is 8.99. The molecule has 0 radical (unpaired) electrons. The zero-order valence-corrected chi connectivity index (χ0v) is 25.0. The minimum atomic E-state index is -2.67. The average molecular weight is 604 g/mol. The van der Waals surface area contributed by atoms with Crippen LogP contribution in [0.3, 0.4) is 0 Å². The Hall–Kier alpha value is -4.69. The van der Waals surface area contributed by atoms with Crippen LogP contribution in [0, 0.1) is 6.92 Å². The average Bonchev–Trinajstić information content (AvgIpc) is 3.54. The Morgan fingerprint density at radius 3 is 2.48 bits per heavy atom. The van der Waals surface area contributed by atoms with Crippen LogP contribution >= 0.6 is 0 Å². The highest BCUT2D eigenvalue weighted by atomic mass is 16.5. The fourth-order valence-electron chi connectivity index (χ4n) is 6.88. The molecule has 4 aliphatic heterocycles. The van der Waals surface area contributed by atoms with E-state index in [1.54, 1.807) is 42.5 Å². The summed E-state index contributed by atoms with van der Waals surface area (Å²) in [6.45, 7) is 7.49. The molecule has 0 aromatic heterocycles. The molecule has 0 bridgehead atoms. The first kappa shape index (κ1) is 29.4. The van der Waals surface area contributed by atoms with Crippen LogP contribution in [-0.4, -0.2) is 99.0 Å². The van der Waals surface area contributed by atoms with Crippen molar-refractivity contribution in [3.8, 4) is 0 Å². The number of imide groups is 1. The summed E-state index contributed by atoms with van der Waals surface area (Å²) in [4.78, 5) is 52.7. The number of benzene rings is 2. The molecule has 2 fully saturated rings. The minimum Gasteiger partial charge on any atom is -0.370 e. The van der Waals surface area contributed by atoms with Crippen LogP contribution in [0.1, 0.15) is 42.3 Å². The Morgan fingerprint density at radius 1 is 1.09 bits per heavy atom. The summed E-state index contributed by atoms with van der Waals surface area (Å²) < 4.78 is 0. The normalized spacial score (nSPS) is 27.5. The van der Waals surface area contributed by atoms with Crippen LogP contribution in [0.15, 0.2) is 58.5 Å². The number of hydrogen-bond acceptors (Lipinski definition) is 11. The van der Waals surface area contributed by atoms with Crippen molar-refractivity contribution in [3.05, 3.63) is 65.2 Å². The molecule has 4 heterocycles. The predicted octanol–water partition coefficient (Wildman–Crippen LogP) is -0.464.